The molecule has 1 aliphatic carbocycles. The van der Waals surface area contributed by atoms with Crippen LogP contribution in [0.5, 0.6) is 0 Å². The molecule has 0 aromatic heterocycles. The van der Waals surface area contributed by atoms with Gasteiger partial charge < -0.3 is 10.4 Å². The predicted octanol–water partition coefficient (Wildman–Crippen LogP) is 3.68. The molecule has 0 bridgehead atoms. The maximum atomic E-state index is 11.2. The number of nitro groups is 1. The summed E-state index contributed by atoms with van der Waals surface area (Å²) in [6.07, 6.45) is 7.10. The second kappa shape index (κ2) is 7.06. The molecule has 0 aliphatic heterocycles. The Kier molecular flexibility index (Phi) is 5.14. The van der Waals surface area contributed by atoms with Gasteiger partial charge in [0.1, 0.15) is 5.69 Å². The van der Waals surface area contributed by atoms with Crippen LogP contribution < -0.4 is 5.32 Å². The van der Waals surface area contributed by atoms with Crippen LogP contribution in [-0.4, -0.2) is 22.5 Å². The number of aromatic carboxylic acids is 1. The molecule has 0 heterocycles. The number of carboxylic acids is 1. The van der Waals surface area contributed by atoms with Crippen molar-refractivity contribution in [2.45, 2.75) is 38.5 Å². The van der Waals surface area contributed by atoms with E-state index in [1.54, 1.807) is 0 Å². The third-order valence-corrected chi connectivity index (χ3v) is 4.05. The van der Waals surface area contributed by atoms with Gasteiger partial charge in [0.05, 0.1) is 10.5 Å². The molecule has 0 atom stereocenters. The molecular weight excluding hydrogens is 272 g/mol. The zero-order valence-corrected chi connectivity index (χ0v) is 11.9. The minimum Gasteiger partial charge on any atom is -0.478 e. The lowest BCUT2D eigenvalue weighted by Gasteiger charge is -2.21. The Morgan fingerprint density at radius 1 is 1.33 bits per heavy atom. The smallest absolute Gasteiger partial charge is 0.338 e. The third-order valence-electron chi connectivity index (χ3n) is 4.05. The van der Waals surface area contributed by atoms with Gasteiger partial charge in [-0.3, -0.25) is 10.1 Å². The summed E-state index contributed by atoms with van der Waals surface area (Å²) in [6.45, 7) is 0.565. The van der Waals surface area contributed by atoms with E-state index in [1.165, 1.54) is 50.3 Å². The largest absolute Gasteiger partial charge is 0.478 e. The number of carbonyl (C=O) groups is 1. The molecule has 0 radical (unpaired) electrons. The van der Waals surface area contributed by atoms with E-state index in [9.17, 15) is 14.9 Å². The van der Waals surface area contributed by atoms with Crippen LogP contribution in [0.1, 0.15) is 48.9 Å². The van der Waals surface area contributed by atoms with E-state index in [0.717, 1.165) is 6.42 Å². The van der Waals surface area contributed by atoms with Gasteiger partial charge in [-0.1, -0.05) is 38.2 Å². The number of hydrogen-bond acceptors (Lipinski definition) is 4. The van der Waals surface area contributed by atoms with Crippen LogP contribution in [0, 0.1) is 16.0 Å². The molecular formula is C15H20N2O4. The summed E-state index contributed by atoms with van der Waals surface area (Å²) in [5.74, 6) is -0.513. The molecule has 6 nitrogen and oxygen atoms in total. The number of nitro benzene ring substituents is 1. The van der Waals surface area contributed by atoms with E-state index < -0.39 is 10.9 Å². The van der Waals surface area contributed by atoms with Gasteiger partial charge in [0.2, 0.25) is 0 Å². The highest BCUT2D eigenvalue weighted by molar-refractivity contribution is 5.96. The minimum absolute atomic E-state index is 0.0483. The number of benzene rings is 1. The number of nitrogens with zero attached hydrogens (tertiary/aromatic N) is 1. The van der Waals surface area contributed by atoms with Crippen LogP contribution in [0.15, 0.2) is 18.2 Å². The first-order valence-electron chi connectivity index (χ1n) is 7.34. The Balaban J connectivity index is 2.06. The van der Waals surface area contributed by atoms with Gasteiger partial charge >= 0.3 is 5.97 Å². The zero-order chi connectivity index (χ0) is 15.2. The Morgan fingerprint density at radius 3 is 2.67 bits per heavy atom. The number of rotatable bonds is 6. The van der Waals surface area contributed by atoms with E-state index in [2.05, 4.69) is 5.32 Å². The quantitative estimate of drug-likeness (QED) is 0.616. The normalized spacial score (nSPS) is 15.6. The fourth-order valence-corrected chi connectivity index (χ4v) is 2.93. The van der Waals surface area contributed by atoms with Crippen molar-refractivity contribution in [1.29, 1.82) is 0 Å². The maximum absolute atomic E-state index is 11.2. The third kappa shape index (κ3) is 3.93. The molecule has 1 aliphatic rings. The van der Waals surface area contributed by atoms with Gasteiger partial charge in [-0.05, 0) is 18.4 Å². The van der Waals surface area contributed by atoms with E-state index in [-0.39, 0.29) is 16.9 Å². The van der Waals surface area contributed by atoms with Crippen LogP contribution in [0.2, 0.25) is 0 Å². The van der Waals surface area contributed by atoms with Crippen molar-refractivity contribution in [3.8, 4) is 0 Å². The number of carboxylic acid groups (broad SMARTS) is 1. The van der Waals surface area contributed by atoms with Gasteiger partial charge in [-0.15, -0.1) is 0 Å². The summed E-state index contributed by atoms with van der Waals surface area (Å²) < 4.78 is 0. The molecule has 0 unspecified atom stereocenters. The number of nitrogens with one attached hydrogen (secondary N) is 1. The summed E-state index contributed by atoms with van der Waals surface area (Å²) in [7, 11) is 0. The lowest BCUT2D eigenvalue weighted by atomic mass is 9.87. The first kappa shape index (κ1) is 15.3. The Labute approximate surface area is 123 Å². The highest BCUT2D eigenvalue weighted by atomic mass is 16.6. The number of anilines is 1. The summed E-state index contributed by atoms with van der Waals surface area (Å²) in [5, 5.41) is 23.2. The topological polar surface area (TPSA) is 92.5 Å². The number of hydrogen-bond donors (Lipinski definition) is 2. The first-order chi connectivity index (χ1) is 10.1. The van der Waals surface area contributed by atoms with Crippen LogP contribution in [0.25, 0.3) is 0 Å². The SMILES string of the molecule is O=C(O)c1cccc([N+](=O)[O-])c1NCCC1CCCCC1. The fraction of sp³-hybridized carbons (Fsp3) is 0.533. The molecule has 1 aromatic carbocycles. The second-order valence-electron chi connectivity index (χ2n) is 5.48. The zero-order valence-electron chi connectivity index (χ0n) is 11.9. The molecule has 2 rings (SSSR count). The molecule has 0 spiro atoms. The molecule has 114 valence electrons. The molecule has 21 heavy (non-hydrogen) atoms. The van der Waals surface area contributed by atoms with Gasteiger partial charge in [0, 0.05) is 12.6 Å². The van der Waals surface area contributed by atoms with Gasteiger partial charge in [-0.25, -0.2) is 4.79 Å². The summed E-state index contributed by atoms with van der Waals surface area (Å²) in [5.41, 5.74) is -0.114. The monoisotopic (exact) mass is 292 g/mol. The average Bonchev–Trinajstić information content (AvgIpc) is 2.48. The number of para-hydroxylation sites is 1. The minimum atomic E-state index is -1.15. The first-order valence-corrected chi connectivity index (χ1v) is 7.34. The molecule has 6 heteroatoms. The Hall–Kier alpha value is -2.11. The summed E-state index contributed by atoms with van der Waals surface area (Å²) in [4.78, 5) is 21.7. The van der Waals surface area contributed by atoms with E-state index in [4.69, 9.17) is 5.11 Å². The van der Waals surface area contributed by atoms with Crippen molar-refractivity contribution in [3.63, 3.8) is 0 Å². The maximum Gasteiger partial charge on any atom is 0.338 e. The van der Waals surface area contributed by atoms with E-state index in [1.807, 2.05) is 0 Å². The van der Waals surface area contributed by atoms with Crippen molar-refractivity contribution in [3.05, 3.63) is 33.9 Å². The molecule has 2 N–H and O–H groups in total. The Morgan fingerprint density at radius 2 is 2.05 bits per heavy atom. The highest BCUT2D eigenvalue weighted by Crippen LogP contribution is 2.30. The van der Waals surface area contributed by atoms with Gasteiger partial charge in [0.25, 0.3) is 5.69 Å². The van der Waals surface area contributed by atoms with E-state index >= 15 is 0 Å². The van der Waals surface area contributed by atoms with Crippen molar-refractivity contribution < 1.29 is 14.8 Å². The lowest BCUT2D eigenvalue weighted by Crippen LogP contribution is -2.14. The van der Waals surface area contributed by atoms with Crippen molar-refractivity contribution in [1.82, 2.24) is 0 Å². The standard InChI is InChI=1S/C15H20N2O4/c18-15(19)12-7-4-8-13(17(20)21)14(12)16-10-9-11-5-2-1-3-6-11/h4,7-8,11,16H,1-3,5-6,9-10H2,(H,18,19). The second-order valence-corrected chi connectivity index (χ2v) is 5.48. The van der Waals surface area contributed by atoms with Crippen molar-refractivity contribution in [2.75, 3.05) is 11.9 Å². The lowest BCUT2D eigenvalue weighted by molar-refractivity contribution is -0.384. The molecule has 1 fully saturated rings. The molecule has 1 aromatic rings. The Bertz CT molecular complexity index is 492. The van der Waals surface area contributed by atoms with E-state index in [0.29, 0.717) is 12.5 Å². The molecule has 0 amide bonds. The van der Waals surface area contributed by atoms with Crippen LogP contribution in [0.4, 0.5) is 11.4 Å². The van der Waals surface area contributed by atoms with Crippen LogP contribution in [-0.2, 0) is 0 Å². The van der Waals surface area contributed by atoms with Gasteiger partial charge in [-0.2, -0.15) is 0 Å². The predicted molar refractivity (Wildman–Crippen MR) is 79.7 cm³/mol. The summed E-state index contributed by atoms with van der Waals surface area (Å²) >= 11 is 0. The van der Waals surface area contributed by atoms with Crippen molar-refractivity contribution >= 4 is 17.3 Å². The van der Waals surface area contributed by atoms with Crippen LogP contribution in [0.3, 0.4) is 0 Å². The highest BCUT2D eigenvalue weighted by Gasteiger charge is 2.21. The van der Waals surface area contributed by atoms with Crippen LogP contribution >= 0.6 is 0 Å². The average molecular weight is 292 g/mol. The van der Waals surface area contributed by atoms with Gasteiger partial charge in [0.15, 0.2) is 0 Å². The summed E-state index contributed by atoms with van der Waals surface area (Å²) in [6, 6.07) is 4.11. The fourth-order valence-electron chi connectivity index (χ4n) is 2.93. The van der Waals surface area contributed by atoms with Crippen molar-refractivity contribution in [2.24, 2.45) is 5.92 Å². The molecule has 1 saturated carbocycles. The molecule has 0 saturated heterocycles.